The Labute approximate surface area is 123 Å². The number of non-ortho nitro benzene ring substituents is 1. The fourth-order valence-electron chi connectivity index (χ4n) is 1.48. The maximum atomic E-state index is 11.2. The predicted octanol–water partition coefficient (Wildman–Crippen LogP) is 2.92. The molecule has 2 aromatic carbocycles. The van der Waals surface area contributed by atoms with Crippen LogP contribution in [-0.4, -0.2) is 20.5 Å². The van der Waals surface area contributed by atoms with Crippen molar-refractivity contribution < 1.29 is 17.5 Å². The Morgan fingerprint density at radius 2 is 1.52 bits per heavy atom. The molecule has 0 radical (unpaired) electrons. The van der Waals surface area contributed by atoms with Gasteiger partial charge in [-0.2, -0.15) is 8.42 Å². The predicted molar refractivity (Wildman–Crippen MR) is 78.5 cm³/mol. The van der Waals surface area contributed by atoms with Crippen molar-refractivity contribution in [3.05, 3.63) is 70.3 Å². The molecule has 0 N–H and O–H groups in total. The molecule has 0 spiro atoms. The molecule has 0 saturated heterocycles. The summed E-state index contributed by atoms with van der Waals surface area (Å²) in [4.78, 5) is 9.82. The van der Waals surface area contributed by atoms with Crippen molar-refractivity contribution in [2.45, 2.75) is 11.8 Å². The molecule has 0 aromatic heterocycles. The minimum atomic E-state index is -3.53. The smallest absolute Gasteiger partial charge is 0.270 e. The van der Waals surface area contributed by atoms with E-state index in [2.05, 4.69) is 4.18 Å². The van der Waals surface area contributed by atoms with Gasteiger partial charge < -0.3 is 0 Å². The zero-order valence-electron chi connectivity index (χ0n) is 11.6. The molecule has 0 amide bonds. The Morgan fingerprint density at radius 3 is 1.95 bits per heavy atom. The first-order valence-electron chi connectivity index (χ1n) is 5.94. The summed E-state index contributed by atoms with van der Waals surface area (Å²) in [5, 5.41) is 10.0. The maximum Gasteiger partial charge on any atom is 0.296 e. The number of nitrogens with zero attached hydrogens (tertiary/aromatic N) is 1. The summed E-state index contributed by atoms with van der Waals surface area (Å²) in [5.41, 5.74) is 0.830. The monoisotopic (exact) mass is 309 g/mol. The lowest BCUT2D eigenvalue weighted by Crippen LogP contribution is -2.04. The molecule has 6 nitrogen and oxygen atoms in total. The van der Waals surface area contributed by atoms with Crippen LogP contribution in [-0.2, 0) is 14.3 Å². The molecule has 2 rings (SSSR count). The Bertz CT molecular complexity index is 698. The van der Waals surface area contributed by atoms with Gasteiger partial charge in [-0.05, 0) is 18.6 Å². The minimum Gasteiger partial charge on any atom is -0.270 e. The summed E-state index contributed by atoms with van der Waals surface area (Å²) in [6.45, 7) is 1.73. The standard InChI is InChI=1S/C8H10O3S.C6H5NO2/c1-7-5-3-4-6-8(7)12(9,10)11-2;8-7(9)6-4-2-1-3-5-6/h3-6H,1-2H3;1-5H. The molecule has 0 atom stereocenters. The Hall–Kier alpha value is -2.25. The fraction of sp³-hybridized carbons (Fsp3) is 0.143. The van der Waals surface area contributed by atoms with E-state index in [1.807, 2.05) is 0 Å². The van der Waals surface area contributed by atoms with Crippen molar-refractivity contribution in [3.8, 4) is 0 Å². The van der Waals surface area contributed by atoms with Crippen molar-refractivity contribution in [3.63, 3.8) is 0 Å². The molecule has 0 bridgehead atoms. The summed E-state index contributed by atoms with van der Waals surface area (Å²) in [6, 6.07) is 14.6. The number of hydrogen-bond donors (Lipinski definition) is 0. The SMILES string of the molecule is COS(=O)(=O)c1ccccc1C.O=[N+]([O-])c1ccccc1. The van der Waals surface area contributed by atoms with Crippen LogP contribution in [0.2, 0.25) is 0 Å². The Morgan fingerprint density at radius 1 is 1.00 bits per heavy atom. The highest BCUT2D eigenvalue weighted by Crippen LogP contribution is 2.15. The maximum absolute atomic E-state index is 11.2. The number of benzene rings is 2. The topological polar surface area (TPSA) is 86.5 Å². The lowest BCUT2D eigenvalue weighted by Gasteiger charge is -2.03. The quantitative estimate of drug-likeness (QED) is 0.494. The lowest BCUT2D eigenvalue weighted by molar-refractivity contribution is -0.384. The van der Waals surface area contributed by atoms with Crippen LogP contribution in [0.15, 0.2) is 59.5 Å². The van der Waals surface area contributed by atoms with Gasteiger partial charge in [0.2, 0.25) is 0 Å². The summed E-state index contributed by atoms with van der Waals surface area (Å²) in [5.74, 6) is 0. The third kappa shape index (κ3) is 4.97. The summed E-state index contributed by atoms with van der Waals surface area (Å²) in [7, 11) is -2.37. The third-order valence-corrected chi connectivity index (χ3v) is 3.98. The Kier molecular flexibility index (Phi) is 6.01. The highest BCUT2D eigenvalue weighted by atomic mass is 32.2. The van der Waals surface area contributed by atoms with E-state index >= 15 is 0 Å². The van der Waals surface area contributed by atoms with Crippen LogP contribution in [0.25, 0.3) is 0 Å². The zero-order valence-corrected chi connectivity index (χ0v) is 12.4. The summed E-state index contributed by atoms with van der Waals surface area (Å²) in [6.07, 6.45) is 0. The number of hydrogen-bond acceptors (Lipinski definition) is 5. The molecular weight excluding hydrogens is 294 g/mol. The lowest BCUT2D eigenvalue weighted by atomic mass is 10.2. The Balaban J connectivity index is 0.000000219. The summed E-state index contributed by atoms with van der Waals surface area (Å²) < 4.78 is 26.8. The normalized spacial score (nSPS) is 10.4. The fourth-order valence-corrected chi connectivity index (χ4v) is 2.36. The van der Waals surface area contributed by atoms with E-state index in [0.29, 0.717) is 5.56 Å². The molecule has 7 heteroatoms. The van der Waals surface area contributed by atoms with E-state index in [9.17, 15) is 18.5 Å². The number of para-hydroxylation sites is 1. The van der Waals surface area contributed by atoms with Crippen molar-refractivity contribution in [2.75, 3.05) is 7.11 Å². The molecule has 0 aliphatic rings. The van der Waals surface area contributed by atoms with Crippen LogP contribution >= 0.6 is 0 Å². The highest BCUT2D eigenvalue weighted by molar-refractivity contribution is 7.86. The van der Waals surface area contributed by atoms with E-state index in [0.717, 1.165) is 7.11 Å². The van der Waals surface area contributed by atoms with E-state index in [1.54, 1.807) is 43.3 Å². The van der Waals surface area contributed by atoms with Gasteiger partial charge >= 0.3 is 0 Å². The molecule has 0 unspecified atom stereocenters. The number of aryl methyl sites for hydroxylation is 1. The van der Waals surface area contributed by atoms with Crippen molar-refractivity contribution in [2.24, 2.45) is 0 Å². The second-order valence-electron chi connectivity index (χ2n) is 3.98. The number of rotatable bonds is 3. The largest absolute Gasteiger partial charge is 0.296 e. The minimum absolute atomic E-state index is 0.137. The third-order valence-electron chi connectivity index (χ3n) is 2.55. The van der Waals surface area contributed by atoms with Crippen molar-refractivity contribution >= 4 is 15.8 Å². The van der Waals surface area contributed by atoms with Crippen LogP contribution in [0.5, 0.6) is 0 Å². The van der Waals surface area contributed by atoms with Crippen LogP contribution < -0.4 is 0 Å². The van der Waals surface area contributed by atoms with Crippen LogP contribution in [0.3, 0.4) is 0 Å². The van der Waals surface area contributed by atoms with Gasteiger partial charge in [-0.1, -0.05) is 36.4 Å². The van der Waals surface area contributed by atoms with E-state index in [-0.39, 0.29) is 10.6 Å². The first kappa shape index (κ1) is 16.8. The second kappa shape index (κ2) is 7.51. The number of nitro benzene ring substituents is 1. The molecule has 112 valence electrons. The van der Waals surface area contributed by atoms with Crippen LogP contribution in [0.1, 0.15) is 5.56 Å². The van der Waals surface area contributed by atoms with Gasteiger partial charge in [0, 0.05) is 12.1 Å². The van der Waals surface area contributed by atoms with Crippen molar-refractivity contribution in [1.82, 2.24) is 0 Å². The molecule has 0 aliphatic carbocycles. The molecule has 21 heavy (non-hydrogen) atoms. The molecule has 0 saturated carbocycles. The molecule has 0 fully saturated rings. The van der Waals surface area contributed by atoms with Gasteiger partial charge in [0.25, 0.3) is 15.8 Å². The van der Waals surface area contributed by atoms with E-state index in [4.69, 9.17) is 0 Å². The van der Waals surface area contributed by atoms with Gasteiger partial charge in [-0.15, -0.1) is 0 Å². The molecule has 0 aliphatic heterocycles. The van der Waals surface area contributed by atoms with Crippen LogP contribution in [0.4, 0.5) is 5.69 Å². The molecule has 0 heterocycles. The van der Waals surface area contributed by atoms with E-state index in [1.165, 1.54) is 18.2 Å². The van der Waals surface area contributed by atoms with Gasteiger partial charge in [-0.25, -0.2) is 0 Å². The van der Waals surface area contributed by atoms with Gasteiger partial charge in [0.1, 0.15) is 0 Å². The highest BCUT2D eigenvalue weighted by Gasteiger charge is 2.14. The average Bonchev–Trinajstić information content (AvgIpc) is 2.49. The second-order valence-corrected chi connectivity index (χ2v) is 5.66. The van der Waals surface area contributed by atoms with E-state index < -0.39 is 15.0 Å². The average molecular weight is 309 g/mol. The first-order valence-corrected chi connectivity index (χ1v) is 7.35. The number of nitro groups is 1. The van der Waals surface area contributed by atoms with Gasteiger partial charge in [0.15, 0.2) is 0 Å². The van der Waals surface area contributed by atoms with Crippen LogP contribution in [0, 0.1) is 17.0 Å². The summed E-state index contributed by atoms with van der Waals surface area (Å²) >= 11 is 0. The zero-order chi connectivity index (χ0) is 15.9. The van der Waals surface area contributed by atoms with Gasteiger partial charge in [-0.3, -0.25) is 14.3 Å². The molecule has 2 aromatic rings. The molecular formula is C14H15NO5S. The van der Waals surface area contributed by atoms with Gasteiger partial charge in [0.05, 0.1) is 16.9 Å². The van der Waals surface area contributed by atoms with Crippen molar-refractivity contribution in [1.29, 1.82) is 0 Å². The first-order chi connectivity index (χ1) is 9.88.